The summed E-state index contributed by atoms with van der Waals surface area (Å²) in [6.45, 7) is 2.19. The Morgan fingerprint density at radius 1 is 1.29 bits per heavy atom. The molecule has 1 aliphatic rings. The summed E-state index contributed by atoms with van der Waals surface area (Å²) in [6, 6.07) is 7.35. The number of hydrogen-bond donors (Lipinski definition) is 1. The first-order chi connectivity index (χ1) is 10.3. The summed E-state index contributed by atoms with van der Waals surface area (Å²) in [7, 11) is 0. The number of aromatic nitrogens is 2. The third-order valence-electron chi connectivity index (χ3n) is 4.23. The zero-order valence-electron chi connectivity index (χ0n) is 12.3. The van der Waals surface area contributed by atoms with Crippen molar-refractivity contribution in [3.8, 4) is 0 Å². The molecule has 1 aromatic heterocycles. The van der Waals surface area contributed by atoms with Gasteiger partial charge in [0.05, 0.1) is 6.33 Å². The van der Waals surface area contributed by atoms with Gasteiger partial charge in [0.1, 0.15) is 0 Å². The SMILES string of the molecule is Brc1ccc2c(c1)CCC(NCCCCn1ccnc1)C2. The van der Waals surface area contributed by atoms with Crippen LogP contribution in [0.4, 0.5) is 0 Å². The molecule has 0 saturated heterocycles. The number of nitrogens with one attached hydrogen (secondary N) is 1. The average molecular weight is 348 g/mol. The van der Waals surface area contributed by atoms with Gasteiger partial charge in [0.25, 0.3) is 0 Å². The molecule has 21 heavy (non-hydrogen) atoms. The Morgan fingerprint density at radius 3 is 3.10 bits per heavy atom. The summed E-state index contributed by atoms with van der Waals surface area (Å²) in [4.78, 5) is 4.07. The van der Waals surface area contributed by atoms with Crippen molar-refractivity contribution in [3.05, 3.63) is 52.5 Å². The van der Waals surface area contributed by atoms with E-state index in [4.69, 9.17) is 0 Å². The number of benzene rings is 1. The normalized spacial score (nSPS) is 17.7. The number of imidazole rings is 1. The minimum Gasteiger partial charge on any atom is -0.337 e. The molecular formula is C17H22BrN3. The van der Waals surface area contributed by atoms with Crippen LogP contribution in [-0.2, 0) is 19.4 Å². The van der Waals surface area contributed by atoms with Gasteiger partial charge in [-0.05, 0) is 61.9 Å². The van der Waals surface area contributed by atoms with E-state index >= 15 is 0 Å². The molecule has 2 aromatic rings. The van der Waals surface area contributed by atoms with Crippen molar-refractivity contribution in [2.45, 2.75) is 44.7 Å². The van der Waals surface area contributed by atoms with Gasteiger partial charge < -0.3 is 9.88 Å². The van der Waals surface area contributed by atoms with E-state index in [1.54, 1.807) is 0 Å². The molecule has 0 amide bonds. The van der Waals surface area contributed by atoms with Crippen molar-refractivity contribution >= 4 is 15.9 Å². The predicted octanol–water partition coefficient (Wildman–Crippen LogP) is 3.57. The second-order valence-corrected chi connectivity index (χ2v) is 6.73. The maximum absolute atomic E-state index is 4.07. The number of hydrogen-bond acceptors (Lipinski definition) is 2. The molecule has 1 aromatic carbocycles. The molecule has 3 nitrogen and oxygen atoms in total. The van der Waals surface area contributed by atoms with Crippen LogP contribution in [0.5, 0.6) is 0 Å². The average Bonchev–Trinajstić information content (AvgIpc) is 3.00. The molecule has 1 atom stereocenters. The number of fused-ring (bicyclic) bond motifs is 1. The minimum atomic E-state index is 0.645. The Hall–Kier alpha value is -1.13. The standard InChI is InChI=1S/C17H22BrN3/c18-16-5-3-15-12-17(6-4-14(15)11-16)20-7-1-2-9-21-10-8-19-13-21/h3,5,8,10-11,13,17,20H,1-2,4,6-7,9,12H2. The lowest BCUT2D eigenvalue weighted by atomic mass is 9.88. The summed E-state index contributed by atoms with van der Waals surface area (Å²) in [5.74, 6) is 0. The molecule has 3 rings (SSSR count). The second-order valence-electron chi connectivity index (χ2n) is 5.81. The number of aryl methyl sites for hydroxylation is 2. The molecule has 0 aliphatic heterocycles. The van der Waals surface area contributed by atoms with E-state index in [0.717, 1.165) is 13.1 Å². The Kier molecular flexibility index (Phi) is 5.09. The quantitative estimate of drug-likeness (QED) is 0.809. The highest BCUT2D eigenvalue weighted by atomic mass is 79.9. The summed E-state index contributed by atoms with van der Waals surface area (Å²) >= 11 is 3.56. The number of rotatable bonds is 6. The van der Waals surface area contributed by atoms with Crippen LogP contribution in [0, 0.1) is 0 Å². The lowest BCUT2D eigenvalue weighted by Gasteiger charge is -2.26. The van der Waals surface area contributed by atoms with Crippen LogP contribution in [0.15, 0.2) is 41.4 Å². The van der Waals surface area contributed by atoms with Gasteiger partial charge in [-0.2, -0.15) is 0 Å². The summed E-state index contributed by atoms with van der Waals surface area (Å²) in [5.41, 5.74) is 3.03. The van der Waals surface area contributed by atoms with Crippen LogP contribution in [-0.4, -0.2) is 22.1 Å². The van der Waals surface area contributed by atoms with Crippen molar-refractivity contribution in [1.29, 1.82) is 0 Å². The van der Waals surface area contributed by atoms with E-state index in [1.807, 2.05) is 18.7 Å². The molecule has 4 heteroatoms. The zero-order valence-corrected chi connectivity index (χ0v) is 13.8. The third-order valence-corrected chi connectivity index (χ3v) is 4.73. The predicted molar refractivity (Wildman–Crippen MR) is 89.4 cm³/mol. The Bertz CT molecular complexity index is 565. The molecule has 0 bridgehead atoms. The topological polar surface area (TPSA) is 29.9 Å². The summed E-state index contributed by atoms with van der Waals surface area (Å²) in [6.07, 6.45) is 11.8. The highest BCUT2D eigenvalue weighted by Crippen LogP contribution is 2.24. The maximum Gasteiger partial charge on any atom is 0.0945 e. The summed E-state index contributed by atoms with van der Waals surface area (Å²) in [5, 5.41) is 3.72. The molecule has 112 valence electrons. The fraction of sp³-hybridized carbons (Fsp3) is 0.471. The first-order valence-corrected chi connectivity index (χ1v) is 8.57. The van der Waals surface area contributed by atoms with E-state index < -0.39 is 0 Å². The molecule has 1 aliphatic carbocycles. The second kappa shape index (κ2) is 7.23. The van der Waals surface area contributed by atoms with E-state index in [1.165, 1.54) is 47.7 Å². The van der Waals surface area contributed by atoms with E-state index in [0.29, 0.717) is 6.04 Å². The minimum absolute atomic E-state index is 0.645. The van der Waals surface area contributed by atoms with Gasteiger partial charge in [0, 0.05) is 29.5 Å². The highest BCUT2D eigenvalue weighted by Gasteiger charge is 2.17. The molecule has 0 radical (unpaired) electrons. The highest BCUT2D eigenvalue weighted by molar-refractivity contribution is 9.10. The summed E-state index contributed by atoms with van der Waals surface area (Å²) < 4.78 is 3.35. The van der Waals surface area contributed by atoms with E-state index in [9.17, 15) is 0 Å². The van der Waals surface area contributed by atoms with Gasteiger partial charge in [-0.1, -0.05) is 22.0 Å². The fourth-order valence-corrected chi connectivity index (χ4v) is 3.45. The molecule has 1 heterocycles. The smallest absolute Gasteiger partial charge is 0.0945 e. The molecule has 1 unspecified atom stereocenters. The van der Waals surface area contributed by atoms with Gasteiger partial charge in [-0.3, -0.25) is 0 Å². The van der Waals surface area contributed by atoms with E-state index in [-0.39, 0.29) is 0 Å². The number of nitrogens with zero attached hydrogens (tertiary/aromatic N) is 2. The molecule has 0 spiro atoms. The van der Waals surface area contributed by atoms with Gasteiger partial charge >= 0.3 is 0 Å². The van der Waals surface area contributed by atoms with Crippen LogP contribution in [0.25, 0.3) is 0 Å². The van der Waals surface area contributed by atoms with Crippen LogP contribution >= 0.6 is 15.9 Å². The van der Waals surface area contributed by atoms with Crippen molar-refractivity contribution < 1.29 is 0 Å². The molecule has 0 fully saturated rings. The zero-order chi connectivity index (χ0) is 14.5. The Labute approximate surface area is 134 Å². The third kappa shape index (κ3) is 4.17. The Balaban J connectivity index is 1.38. The number of halogens is 1. The molecular weight excluding hydrogens is 326 g/mol. The van der Waals surface area contributed by atoms with Crippen molar-refractivity contribution in [1.82, 2.24) is 14.9 Å². The monoisotopic (exact) mass is 347 g/mol. The lowest BCUT2D eigenvalue weighted by Crippen LogP contribution is -2.35. The van der Waals surface area contributed by atoms with E-state index in [2.05, 4.69) is 49.0 Å². The van der Waals surface area contributed by atoms with Gasteiger partial charge in [-0.15, -0.1) is 0 Å². The fourth-order valence-electron chi connectivity index (χ4n) is 3.04. The van der Waals surface area contributed by atoms with Crippen molar-refractivity contribution in [2.24, 2.45) is 0 Å². The van der Waals surface area contributed by atoms with Crippen LogP contribution in [0.1, 0.15) is 30.4 Å². The van der Waals surface area contributed by atoms with Gasteiger partial charge in [-0.25, -0.2) is 4.98 Å². The Morgan fingerprint density at radius 2 is 2.24 bits per heavy atom. The first-order valence-electron chi connectivity index (χ1n) is 7.78. The largest absolute Gasteiger partial charge is 0.337 e. The lowest BCUT2D eigenvalue weighted by molar-refractivity contribution is 0.445. The van der Waals surface area contributed by atoms with Crippen molar-refractivity contribution in [3.63, 3.8) is 0 Å². The molecule has 0 saturated carbocycles. The first kappa shape index (κ1) is 14.8. The van der Waals surface area contributed by atoms with Gasteiger partial charge in [0.2, 0.25) is 0 Å². The molecule has 1 N–H and O–H groups in total. The number of unbranched alkanes of at least 4 members (excludes halogenated alkanes) is 1. The maximum atomic E-state index is 4.07. The van der Waals surface area contributed by atoms with Gasteiger partial charge in [0.15, 0.2) is 0 Å². The van der Waals surface area contributed by atoms with Crippen LogP contribution < -0.4 is 5.32 Å². The van der Waals surface area contributed by atoms with Crippen LogP contribution in [0.2, 0.25) is 0 Å². The van der Waals surface area contributed by atoms with Crippen molar-refractivity contribution in [2.75, 3.05) is 6.54 Å². The van der Waals surface area contributed by atoms with Crippen LogP contribution in [0.3, 0.4) is 0 Å².